The summed E-state index contributed by atoms with van der Waals surface area (Å²) in [5, 5.41) is 3.06. The number of hydrogen-bond donors (Lipinski definition) is 1. The molecular formula is C11H19N3O. The normalized spacial score (nSPS) is 12.5. The minimum Gasteiger partial charge on any atom is -0.473 e. The minimum atomic E-state index is 0.124. The van der Waals surface area contributed by atoms with E-state index in [2.05, 4.69) is 22.2 Å². The van der Waals surface area contributed by atoms with Crippen LogP contribution in [0, 0.1) is 0 Å². The Hall–Kier alpha value is -1.16. The topological polar surface area (TPSA) is 47.0 Å². The van der Waals surface area contributed by atoms with Gasteiger partial charge in [0.05, 0.1) is 0 Å². The maximum atomic E-state index is 5.63. The highest BCUT2D eigenvalue weighted by Crippen LogP contribution is 2.10. The summed E-state index contributed by atoms with van der Waals surface area (Å²) in [6.07, 6.45) is 3.74. The van der Waals surface area contributed by atoms with Crippen LogP contribution < -0.4 is 10.1 Å². The second kappa shape index (κ2) is 6.35. The lowest BCUT2D eigenvalue weighted by atomic mass is 10.2. The van der Waals surface area contributed by atoms with Crippen LogP contribution in [0.1, 0.15) is 26.0 Å². The molecule has 1 heterocycles. The average Bonchev–Trinajstić information content (AvgIpc) is 2.19. The van der Waals surface area contributed by atoms with Crippen LogP contribution in [0.2, 0.25) is 0 Å². The summed E-state index contributed by atoms with van der Waals surface area (Å²) in [6.45, 7) is 4.96. The van der Waals surface area contributed by atoms with Crippen LogP contribution in [0.5, 0.6) is 5.88 Å². The maximum absolute atomic E-state index is 5.63. The highest BCUT2D eigenvalue weighted by atomic mass is 16.5. The number of rotatable bonds is 6. The van der Waals surface area contributed by atoms with Crippen molar-refractivity contribution in [2.45, 2.75) is 32.8 Å². The molecule has 0 aliphatic rings. The van der Waals surface area contributed by atoms with Gasteiger partial charge in [0.2, 0.25) is 5.88 Å². The average molecular weight is 209 g/mol. The van der Waals surface area contributed by atoms with Crippen molar-refractivity contribution >= 4 is 0 Å². The van der Waals surface area contributed by atoms with Crippen molar-refractivity contribution in [2.75, 3.05) is 13.6 Å². The molecule has 0 radical (unpaired) electrons. The van der Waals surface area contributed by atoms with E-state index in [1.54, 1.807) is 6.33 Å². The number of likely N-dealkylation sites (N-methyl/N-ethyl adjacent to an activating group) is 1. The van der Waals surface area contributed by atoms with Gasteiger partial charge >= 0.3 is 0 Å². The molecule has 0 aromatic carbocycles. The van der Waals surface area contributed by atoms with E-state index >= 15 is 0 Å². The molecular weight excluding hydrogens is 190 g/mol. The molecule has 84 valence electrons. The molecule has 1 N–H and O–H groups in total. The van der Waals surface area contributed by atoms with E-state index in [4.69, 9.17) is 4.74 Å². The zero-order valence-corrected chi connectivity index (χ0v) is 9.66. The van der Waals surface area contributed by atoms with Crippen molar-refractivity contribution in [3.05, 3.63) is 18.1 Å². The van der Waals surface area contributed by atoms with Crippen molar-refractivity contribution < 1.29 is 4.74 Å². The molecule has 0 bridgehead atoms. The number of aromatic nitrogens is 2. The molecule has 0 amide bonds. The Morgan fingerprint density at radius 1 is 1.47 bits per heavy atom. The molecule has 4 heteroatoms. The second-order valence-electron chi connectivity index (χ2n) is 3.58. The molecule has 0 fully saturated rings. The van der Waals surface area contributed by atoms with Gasteiger partial charge in [-0.05, 0) is 20.4 Å². The molecule has 1 rings (SSSR count). The van der Waals surface area contributed by atoms with Gasteiger partial charge in [-0.3, -0.25) is 0 Å². The Morgan fingerprint density at radius 2 is 2.27 bits per heavy atom. The van der Waals surface area contributed by atoms with Crippen molar-refractivity contribution in [2.24, 2.45) is 0 Å². The van der Waals surface area contributed by atoms with Crippen molar-refractivity contribution in [1.82, 2.24) is 15.3 Å². The van der Waals surface area contributed by atoms with Gasteiger partial charge in [0.15, 0.2) is 0 Å². The van der Waals surface area contributed by atoms with Gasteiger partial charge in [-0.1, -0.05) is 13.3 Å². The maximum Gasteiger partial charge on any atom is 0.216 e. The largest absolute Gasteiger partial charge is 0.473 e. The van der Waals surface area contributed by atoms with Gasteiger partial charge in [-0.15, -0.1) is 0 Å². The molecule has 0 aliphatic carbocycles. The molecule has 0 saturated carbocycles. The third-order valence-electron chi connectivity index (χ3n) is 2.02. The highest BCUT2D eigenvalue weighted by Gasteiger charge is 2.04. The van der Waals surface area contributed by atoms with Gasteiger partial charge < -0.3 is 10.1 Å². The zero-order valence-electron chi connectivity index (χ0n) is 9.66. The predicted octanol–water partition coefficient (Wildman–Crippen LogP) is 1.42. The lowest BCUT2D eigenvalue weighted by Gasteiger charge is -2.13. The summed E-state index contributed by atoms with van der Waals surface area (Å²) in [4.78, 5) is 8.26. The lowest BCUT2D eigenvalue weighted by Crippen LogP contribution is -2.26. The molecule has 0 aliphatic heterocycles. The summed E-state index contributed by atoms with van der Waals surface area (Å²) in [7, 11) is 1.91. The predicted molar refractivity (Wildman–Crippen MR) is 60.0 cm³/mol. The van der Waals surface area contributed by atoms with Crippen LogP contribution >= 0.6 is 0 Å². The summed E-state index contributed by atoms with van der Waals surface area (Å²) >= 11 is 0. The van der Waals surface area contributed by atoms with Crippen LogP contribution in [0.25, 0.3) is 0 Å². The van der Waals surface area contributed by atoms with Crippen LogP contribution in [-0.2, 0) is 6.42 Å². The van der Waals surface area contributed by atoms with Crippen LogP contribution in [0.15, 0.2) is 12.4 Å². The summed E-state index contributed by atoms with van der Waals surface area (Å²) in [6, 6.07) is 1.91. The second-order valence-corrected chi connectivity index (χ2v) is 3.58. The van der Waals surface area contributed by atoms with E-state index < -0.39 is 0 Å². The zero-order chi connectivity index (χ0) is 11.1. The first-order valence-corrected chi connectivity index (χ1v) is 5.38. The number of nitrogens with zero attached hydrogens (tertiary/aromatic N) is 2. The van der Waals surface area contributed by atoms with Crippen LogP contribution in [0.3, 0.4) is 0 Å². The van der Waals surface area contributed by atoms with E-state index in [0.717, 1.165) is 25.1 Å². The Balaban J connectivity index is 2.56. The third kappa shape index (κ3) is 4.25. The Labute approximate surface area is 91.1 Å². The van der Waals surface area contributed by atoms with E-state index in [1.807, 2.05) is 20.0 Å². The Bertz CT molecular complexity index is 291. The fraction of sp³-hybridized carbons (Fsp3) is 0.636. The number of ether oxygens (including phenoxy) is 1. The van der Waals surface area contributed by atoms with Crippen molar-refractivity contribution in [3.63, 3.8) is 0 Å². The highest BCUT2D eigenvalue weighted by molar-refractivity contribution is 5.13. The minimum absolute atomic E-state index is 0.124. The monoisotopic (exact) mass is 209 g/mol. The molecule has 1 aromatic rings. The number of nitrogens with one attached hydrogen (secondary N) is 1. The molecule has 0 saturated heterocycles. The summed E-state index contributed by atoms with van der Waals surface area (Å²) < 4.78 is 5.63. The molecule has 4 nitrogen and oxygen atoms in total. The fourth-order valence-electron chi connectivity index (χ4n) is 1.37. The smallest absolute Gasteiger partial charge is 0.216 e. The van der Waals surface area contributed by atoms with E-state index in [-0.39, 0.29) is 6.10 Å². The van der Waals surface area contributed by atoms with Crippen LogP contribution in [-0.4, -0.2) is 29.7 Å². The standard InChI is InChI=1S/C11H19N3O/c1-4-5-10-6-11(14-8-13-10)15-9(2)7-12-3/h6,8-9,12H,4-5,7H2,1-3H3. The molecule has 0 spiro atoms. The van der Waals surface area contributed by atoms with E-state index in [0.29, 0.717) is 5.88 Å². The molecule has 15 heavy (non-hydrogen) atoms. The van der Waals surface area contributed by atoms with E-state index in [1.165, 1.54) is 0 Å². The van der Waals surface area contributed by atoms with E-state index in [9.17, 15) is 0 Å². The van der Waals surface area contributed by atoms with Gasteiger partial charge in [-0.25, -0.2) is 9.97 Å². The third-order valence-corrected chi connectivity index (χ3v) is 2.02. The fourth-order valence-corrected chi connectivity index (χ4v) is 1.37. The number of aryl methyl sites for hydroxylation is 1. The van der Waals surface area contributed by atoms with Crippen molar-refractivity contribution in [1.29, 1.82) is 0 Å². The van der Waals surface area contributed by atoms with Gasteiger partial charge in [0.1, 0.15) is 12.4 Å². The summed E-state index contributed by atoms with van der Waals surface area (Å²) in [5.41, 5.74) is 1.04. The quantitative estimate of drug-likeness (QED) is 0.769. The van der Waals surface area contributed by atoms with Gasteiger partial charge in [0, 0.05) is 18.3 Å². The first kappa shape index (κ1) is 11.9. The summed E-state index contributed by atoms with van der Waals surface area (Å²) in [5.74, 6) is 0.663. The SMILES string of the molecule is CCCc1cc(OC(C)CNC)ncn1. The first-order chi connectivity index (χ1) is 7.26. The molecule has 1 aromatic heterocycles. The molecule has 1 unspecified atom stereocenters. The van der Waals surface area contributed by atoms with Gasteiger partial charge in [0.25, 0.3) is 0 Å². The van der Waals surface area contributed by atoms with Crippen molar-refractivity contribution in [3.8, 4) is 5.88 Å². The number of hydrogen-bond acceptors (Lipinski definition) is 4. The lowest BCUT2D eigenvalue weighted by molar-refractivity contribution is 0.211. The first-order valence-electron chi connectivity index (χ1n) is 5.38. The van der Waals surface area contributed by atoms with Crippen LogP contribution in [0.4, 0.5) is 0 Å². The van der Waals surface area contributed by atoms with Gasteiger partial charge in [-0.2, -0.15) is 0 Å². The Morgan fingerprint density at radius 3 is 2.93 bits per heavy atom. The Kier molecular flexibility index (Phi) is 5.04. The molecule has 1 atom stereocenters.